The molecule has 31 heavy (non-hydrogen) atoms. The first kappa shape index (κ1) is 22.4. The summed E-state index contributed by atoms with van der Waals surface area (Å²) in [5.41, 5.74) is 2.38. The molecular weight excluding hydrogens is 386 g/mol. The molecule has 0 unspecified atom stereocenters. The predicted octanol–water partition coefficient (Wildman–Crippen LogP) is 6.87. The number of rotatable bonds is 12. The molecule has 162 valence electrons. The Kier molecular flexibility index (Phi) is 8.99. The van der Waals surface area contributed by atoms with Crippen molar-refractivity contribution < 1.29 is 14.3 Å². The fourth-order valence-electron chi connectivity index (χ4n) is 3.21. The van der Waals surface area contributed by atoms with E-state index in [1.165, 1.54) is 25.7 Å². The highest BCUT2D eigenvalue weighted by molar-refractivity contribution is 6.04. The summed E-state index contributed by atoms with van der Waals surface area (Å²) in [6.45, 7) is 3.41. The summed E-state index contributed by atoms with van der Waals surface area (Å²) in [6, 6.07) is 24.7. The van der Waals surface area contributed by atoms with Gasteiger partial charge in [-0.05, 0) is 48.4 Å². The van der Waals surface area contributed by atoms with Crippen LogP contribution in [0, 0.1) is 0 Å². The molecule has 4 heteroatoms. The van der Waals surface area contributed by atoms with Gasteiger partial charge in [-0.15, -0.1) is 0 Å². The largest absolute Gasteiger partial charge is 0.494 e. The van der Waals surface area contributed by atoms with Crippen LogP contribution in [0.4, 0.5) is 5.69 Å². The second-order valence-corrected chi connectivity index (χ2v) is 7.54. The van der Waals surface area contributed by atoms with Gasteiger partial charge in [-0.3, -0.25) is 4.79 Å². The number of nitrogens with one attached hydrogen (secondary N) is 1. The van der Waals surface area contributed by atoms with Gasteiger partial charge in [0.1, 0.15) is 18.1 Å². The van der Waals surface area contributed by atoms with Crippen LogP contribution in [0.3, 0.4) is 0 Å². The fourth-order valence-corrected chi connectivity index (χ4v) is 3.21. The second kappa shape index (κ2) is 12.4. The molecule has 0 aliphatic heterocycles. The molecule has 4 nitrogen and oxygen atoms in total. The monoisotopic (exact) mass is 417 g/mol. The summed E-state index contributed by atoms with van der Waals surface area (Å²) in [4.78, 5) is 12.6. The van der Waals surface area contributed by atoms with E-state index in [2.05, 4.69) is 12.2 Å². The van der Waals surface area contributed by atoms with Gasteiger partial charge in [-0.2, -0.15) is 0 Å². The van der Waals surface area contributed by atoms with Crippen molar-refractivity contribution in [1.82, 2.24) is 0 Å². The highest BCUT2D eigenvalue weighted by atomic mass is 16.5. The van der Waals surface area contributed by atoms with Crippen LogP contribution < -0.4 is 14.8 Å². The average molecular weight is 418 g/mol. The molecule has 0 saturated heterocycles. The summed E-state index contributed by atoms with van der Waals surface area (Å²) in [5, 5.41) is 2.93. The minimum absolute atomic E-state index is 0.161. The van der Waals surface area contributed by atoms with E-state index in [1.807, 2.05) is 66.7 Å². The Morgan fingerprint density at radius 3 is 2.32 bits per heavy atom. The summed E-state index contributed by atoms with van der Waals surface area (Å²) >= 11 is 0. The van der Waals surface area contributed by atoms with Gasteiger partial charge >= 0.3 is 0 Å². The molecule has 3 aromatic rings. The van der Waals surface area contributed by atoms with Gasteiger partial charge in [0.05, 0.1) is 6.61 Å². The van der Waals surface area contributed by atoms with Gasteiger partial charge in [0, 0.05) is 17.3 Å². The van der Waals surface area contributed by atoms with Gasteiger partial charge < -0.3 is 14.8 Å². The van der Waals surface area contributed by atoms with Crippen LogP contribution in [0.15, 0.2) is 78.9 Å². The molecule has 0 radical (unpaired) electrons. The first-order valence-electron chi connectivity index (χ1n) is 11.1. The van der Waals surface area contributed by atoms with Crippen molar-refractivity contribution in [1.29, 1.82) is 0 Å². The van der Waals surface area contributed by atoms with Crippen molar-refractivity contribution in [3.63, 3.8) is 0 Å². The number of unbranched alkanes of at least 4 members (excludes halogenated alkanes) is 4. The Morgan fingerprint density at radius 1 is 0.774 bits per heavy atom. The predicted molar refractivity (Wildman–Crippen MR) is 126 cm³/mol. The van der Waals surface area contributed by atoms with Crippen LogP contribution >= 0.6 is 0 Å². The normalized spacial score (nSPS) is 10.5. The zero-order chi connectivity index (χ0) is 21.7. The summed E-state index contributed by atoms with van der Waals surface area (Å²) in [7, 11) is 0. The van der Waals surface area contributed by atoms with Crippen molar-refractivity contribution in [3.8, 4) is 11.5 Å². The van der Waals surface area contributed by atoms with Crippen LogP contribution in [-0.2, 0) is 6.61 Å². The van der Waals surface area contributed by atoms with Crippen LogP contribution in [0.25, 0.3) is 0 Å². The maximum absolute atomic E-state index is 12.6. The lowest BCUT2D eigenvalue weighted by Gasteiger charge is -2.10. The number of anilines is 1. The number of amides is 1. The molecule has 0 aromatic heterocycles. The average Bonchev–Trinajstić information content (AvgIpc) is 2.81. The van der Waals surface area contributed by atoms with E-state index < -0.39 is 0 Å². The Hall–Kier alpha value is -3.27. The van der Waals surface area contributed by atoms with Crippen LogP contribution in [0.5, 0.6) is 11.5 Å². The first-order chi connectivity index (χ1) is 15.2. The molecule has 1 amide bonds. The molecule has 1 N–H and O–H groups in total. The third-order valence-corrected chi connectivity index (χ3v) is 4.97. The van der Waals surface area contributed by atoms with Gasteiger partial charge in [0.2, 0.25) is 0 Å². The SMILES string of the molecule is CCCCCCCOc1ccc(C(=O)Nc2cccc(OCc3ccccc3)c2)cc1. The fraction of sp³-hybridized carbons (Fsp3) is 0.296. The molecule has 0 aliphatic rings. The zero-order valence-electron chi connectivity index (χ0n) is 18.2. The third-order valence-electron chi connectivity index (χ3n) is 4.97. The van der Waals surface area contributed by atoms with Gasteiger partial charge in [0.15, 0.2) is 0 Å². The molecule has 0 saturated carbocycles. The quantitative estimate of drug-likeness (QED) is 0.327. The van der Waals surface area contributed by atoms with Crippen LogP contribution in [-0.4, -0.2) is 12.5 Å². The van der Waals surface area contributed by atoms with E-state index in [9.17, 15) is 4.79 Å². The number of hydrogen-bond donors (Lipinski definition) is 1. The van der Waals surface area contributed by atoms with Crippen molar-refractivity contribution in [2.24, 2.45) is 0 Å². The summed E-state index contributed by atoms with van der Waals surface area (Å²) < 4.78 is 11.6. The Labute approximate surface area is 185 Å². The minimum Gasteiger partial charge on any atom is -0.494 e. The van der Waals surface area contributed by atoms with Crippen LogP contribution in [0.1, 0.15) is 54.9 Å². The molecule has 0 spiro atoms. The van der Waals surface area contributed by atoms with Crippen molar-refractivity contribution in [2.45, 2.75) is 45.6 Å². The van der Waals surface area contributed by atoms with E-state index in [0.29, 0.717) is 30.2 Å². The Morgan fingerprint density at radius 2 is 1.55 bits per heavy atom. The summed E-state index contributed by atoms with van der Waals surface area (Å²) in [6.07, 6.45) is 6.05. The Bertz CT molecular complexity index is 923. The highest BCUT2D eigenvalue weighted by Crippen LogP contribution is 2.20. The van der Waals surface area contributed by atoms with Crippen molar-refractivity contribution >= 4 is 11.6 Å². The summed E-state index contributed by atoms with van der Waals surface area (Å²) in [5.74, 6) is 1.35. The maximum atomic E-state index is 12.6. The lowest BCUT2D eigenvalue weighted by molar-refractivity contribution is 0.102. The topological polar surface area (TPSA) is 47.6 Å². The first-order valence-corrected chi connectivity index (χ1v) is 11.1. The molecule has 3 aromatic carbocycles. The van der Waals surface area contributed by atoms with Gasteiger partial charge in [-0.1, -0.05) is 69.0 Å². The van der Waals surface area contributed by atoms with Crippen molar-refractivity contribution in [2.75, 3.05) is 11.9 Å². The number of carbonyl (C=O) groups excluding carboxylic acids is 1. The molecule has 3 rings (SSSR count). The molecule has 0 fully saturated rings. The molecule has 0 bridgehead atoms. The molecule has 0 heterocycles. The molecule has 0 atom stereocenters. The highest BCUT2D eigenvalue weighted by Gasteiger charge is 2.07. The zero-order valence-corrected chi connectivity index (χ0v) is 18.2. The van der Waals surface area contributed by atoms with E-state index in [-0.39, 0.29) is 5.91 Å². The molecular formula is C27H31NO3. The molecule has 0 aliphatic carbocycles. The van der Waals surface area contributed by atoms with Crippen LogP contribution in [0.2, 0.25) is 0 Å². The van der Waals surface area contributed by atoms with E-state index in [1.54, 1.807) is 12.1 Å². The maximum Gasteiger partial charge on any atom is 0.255 e. The number of carbonyl (C=O) groups is 1. The van der Waals surface area contributed by atoms with E-state index in [0.717, 1.165) is 17.7 Å². The lowest BCUT2D eigenvalue weighted by Crippen LogP contribution is -2.11. The Balaban J connectivity index is 1.47. The van der Waals surface area contributed by atoms with Gasteiger partial charge in [0.25, 0.3) is 5.91 Å². The smallest absolute Gasteiger partial charge is 0.255 e. The second-order valence-electron chi connectivity index (χ2n) is 7.54. The van der Waals surface area contributed by atoms with Crippen molar-refractivity contribution in [3.05, 3.63) is 90.0 Å². The minimum atomic E-state index is -0.161. The van der Waals surface area contributed by atoms with E-state index in [4.69, 9.17) is 9.47 Å². The number of ether oxygens (including phenoxy) is 2. The lowest BCUT2D eigenvalue weighted by atomic mass is 10.1. The number of benzene rings is 3. The van der Waals surface area contributed by atoms with E-state index >= 15 is 0 Å². The standard InChI is InChI=1S/C27H31NO3/c1-2-3-4-5-9-19-30-25-17-15-23(16-18-25)27(29)28-24-13-10-14-26(20-24)31-21-22-11-7-6-8-12-22/h6-8,10-18,20H,2-5,9,19,21H2,1H3,(H,28,29). The third kappa shape index (κ3) is 7.82. The number of hydrogen-bond acceptors (Lipinski definition) is 3. The van der Waals surface area contributed by atoms with Gasteiger partial charge in [-0.25, -0.2) is 0 Å².